The van der Waals surface area contributed by atoms with Gasteiger partial charge in [-0.25, -0.2) is 4.79 Å². The van der Waals surface area contributed by atoms with Gasteiger partial charge in [0.1, 0.15) is 0 Å². The van der Waals surface area contributed by atoms with Crippen LogP contribution in [0.5, 0.6) is 0 Å². The van der Waals surface area contributed by atoms with E-state index >= 15 is 0 Å². The zero-order chi connectivity index (χ0) is 15.0. The monoisotopic (exact) mass is 270 g/mol. The van der Waals surface area contributed by atoms with Crippen LogP contribution in [0, 0.1) is 10.8 Å². The second kappa shape index (κ2) is 5.02. The smallest absolute Gasteiger partial charge is 0.317 e. The van der Waals surface area contributed by atoms with Gasteiger partial charge in [0.15, 0.2) is 0 Å². The number of carboxylic acids is 1. The first-order valence-electron chi connectivity index (χ1n) is 6.84. The van der Waals surface area contributed by atoms with Gasteiger partial charge in [0.2, 0.25) is 0 Å². The van der Waals surface area contributed by atoms with Gasteiger partial charge in [-0.05, 0) is 24.7 Å². The first-order valence-corrected chi connectivity index (χ1v) is 6.84. The van der Waals surface area contributed by atoms with Crippen molar-refractivity contribution >= 4 is 12.0 Å². The Bertz CT molecular complexity index is 363. The van der Waals surface area contributed by atoms with Crippen molar-refractivity contribution in [2.75, 3.05) is 6.54 Å². The van der Waals surface area contributed by atoms with Crippen LogP contribution in [0.2, 0.25) is 0 Å². The van der Waals surface area contributed by atoms with Gasteiger partial charge in [0.05, 0.1) is 6.42 Å². The number of urea groups is 1. The molecule has 0 spiro atoms. The molecule has 0 aromatic carbocycles. The number of hydrogen-bond acceptors (Lipinski definition) is 2. The number of nitrogens with one attached hydrogen (secondary N) is 1. The fraction of sp³-hybridized carbons (Fsp3) is 0.857. The Hall–Kier alpha value is -1.26. The second-order valence-electron chi connectivity index (χ2n) is 6.56. The molecule has 110 valence electrons. The third-order valence-electron chi connectivity index (χ3n) is 4.89. The van der Waals surface area contributed by atoms with E-state index in [1.54, 1.807) is 11.8 Å². The van der Waals surface area contributed by atoms with E-state index in [9.17, 15) is 9.59 Å². The van der Waals surface area contributed by atoms with Crippen molar-refractivity contribution in [2.45, 2.75) is 60.0 Å². The molecular formula is C14H26N2O3. The van der Waals surface area contributed by atoms with Crippen LogP contribution in [0.25, 0.3) is 0 Å². The molecule has 1 saturated carbocycles. The summed E-state index contributed by atoms with van der Waals surface area (Å²) in [6.45, 7) is 12.7. The molecule has 1 atom stereocenters. The van der Waals surface area contributed by atoms with E-state index in [1.807, 2.05) is 6.92 Å². The summed E-state index contributed by atoms with van der Waals surface area (Å²) in [7, 11) is 0. The number of carboxylic acid groups (broad SMARTS) is 1. The molecule has 0 aromatic heterocycles. The minimum Gasteiger partial charge on any atom is -0.481 e. The highest BCUT2D eigenvalue weighted by Crippen LogP contribution is 2.62. The molecule has 1 aliphatic rings. The molecule has 0 bridgehead atoms. The van der Waals surface area contributed by atoms with Crippen molar-refractivity contribution in [3.05, 3.63) is 0 Å². The van der Waals surface area contributed by atoms with Gasteiger partial charge in [-0.1, -0.05) is 27.7 Å². The Labute approximate surface area is 115 Å². The summed E-state index contributed by atoms with van der Waals surface area (Å²) >= 11 is 0. The van der Waals surface area contributed by atoms with E-state index in [0.717, 1.165) is 0 Å². The van der Waals surface area contributed by atoms with Gasteiger partial charge in [-0.2, -0.15) is 0 Å². The van der Waals surface area contributed by atoms with Crippen LogP contribution >= 0.6 is 0 Å². The number of aliphatic carboxylic acids is 1. The van der Waals surface area contributed by atoms with Gasteiger partial charge >= 0.3 is 12.0 Å². The molecule has 0 radical (unpaired) electrons. The maximum absolute atomic E-state index is 12.2. The van der Waals surface area contributed by atoms with E-state index in [4.69, 9.17) is 5.11 Å². The van der Waals surface area contributed by atoms with Crippen LogP contribution in [-0.2, 0) is 4.79 Å². The van der Waals surface area contributed by atoms with Gasteiger partial charge < -0.3 is 15.3 Å². The normalized spacial score (nSPS) is 21.6. The largest absolute Gasteiger partial charge is 0.481 e. The first kappa shape index (κ1) is 15.8. The van der Waals surface area contributed by atoms with Crippen molar-refractivity contribution < 1.29 is 14.7 Å². The van der Waals surface area contributed by atoms with Crippen molar-refractivity contribution in [3.8, 4) is 0 Å². The molecule has 2 amide bonds. The maximum Gasteiger partial charge on any atom is 0.317 e. The Morgan fingerprint density at radius 3 is 2.05 bits per heavy atom. The first-order chi connectivity index (χ1) is 8.55. The second-order valence-corrected chi connectivity index (χ2v) is 6.56. The number of amides is 2. The van der Waals surface area contributed by atoms with Crippen molar-refractivity contribution in [3.63, 3.8) is 0 Å². The van der Waals surface area contributed by atoms with Crippen molar-refractivity contribution in [1.82, 2.24) is 10.2 Å². The van der Waals surface area contributed by atoms with E-state index in [0.29, 0.717) is 6.54 Å². The average Bonchev–Trinajstić information content (AvgIpc) is 2.60. The maximum atomic E-state index is 12.2. The van der Waals surface area contributed by atoms with E-state index in [-0.39, 0.29) is 35.4 Å². The number of nitrogens with zero attached hydrogens (tertiary/aromatic N) is 1. The molecule has 0 saturated heterocycles. The van der Waals surface area contributed by atoms with E-state index in [1.165, 1.54) is 0 Å². The third-order valence-corrected chi connectivity index (χ3v) is 4.89. The lowest BCUT2D eigenvalue weighted by Crippen LogP contribution is -2.47. The highest BCUT2D eigenvalue weighted by atomic mass is 16.4. The summed E-state index contributed by atoms with van der Waals surface area (Å²) in [6.07, 6.45) is -0.0291. The quantitative estimate of drug-likeness (QED) is 0.805. The standard InChI is InChI=1S/C14H26N2O3/c1-7-16(9(2)8-10(17)18)12(19)15-11-13(3,4)14(11,5)6/h9,11H,7-8H2,1-6H3,(H,15,19)(H,17,18). The molecule has 1 unspecified atom stereocenters. The zero-order valence-electron chi connectivity index (χ0n) is 12.8. The summed E-state index contributed by atoms with van der Waals surface area (Å²) in [6, 6.07) is -0.328. The van der Waals surface area contributed by atoms with Crippen LogP contribution in [0.1, 0.15) is 48.0 Å². The van der Waals surface area contributed by atoms with Crippen LogP contribution in [0.15, 0.2) is 0 Å². The van der Waals surface area contributed by atoms with Crippen LogP contribution in [0.3, 0.4) is 0 Å². The predicted molar refractivity (Wildman–Crippen MR) is 74.0 cm³/mol. The van der Waals surface area contributed by atoms with E-state index in [2.05, 4.69) is 33.0 Å². The Morgan fingerprint density at radius 1 is 1.26 bits per heavy atom. The van der Waals surface area contributed by atoms with Crippen LogP contribution < -0.4 is 5.32 Å². The van der Waals surface area contributed by atoms with Crippen LogP contribution in [-0.4, -0.2) is 40.6 Å². The minimum atomic E-state index is -0.883. The number of carbonyl (C=O) groups is 2. The summed E-state index contributed by atoms with van der Waals surface area (Å²) in [5, 5.41) is 11.8. The van der Waals surface area contributed by atoms with E-state index < -0.39 is 5.97 Å². The molecular weight excluding hydrogens is 244 g/mol. The Kier molecular flexibility index (Phi) is 4.17. The molecule has 0 aliphatic heterocycles. The molecule has 5 heteroatoms. The molecule has 1 fully saturated rings. The molecule has 0 heterocycles. The average molecular weight is 270 g/mol. The number of hydrogen-bond donors (Lipinski definition) is 2. The van der Waals surface area contributed by atoms with Gasteiger partial charge in [0, 0.05) is 18.6 Å². The molecule has 0 aromatic rings. The predicted octanol–water partition coefficient (Wildman–Crippen LogP) is 2.32. The third kappa shape index (κ3) is 2.85. The highest BCUT2D eigenvalue weighted by molar-refractivity contribution is 5.77. The Morgan fingerprint density at radius 2 is 1.74 bits per heavy atom. The van der Waals surface area contributed by atoms with Gasteiger partial charge in [-0.15, -0.1) is 0 Å². The van der Waals surface area contributed by atoms with Crippen LogP contribution in [0.4, 0.5) is 4.79 Å². The summed E-state index contributed by atoms with van der Waals surface area (Å²) in [5.74, 6) is -0.883. The highest BCUT2D eigenvalue weighted by Gasteiger charge is 2.65. The Balaban J connectivity index is 2.64. The molecule has 1 aliphatic carbocycles. The summed E-state index contributed by atoms with van der Waals surface area (Å²) in [4.78, 5) is 24.6. The number of rotatable bonds is 5. The van der Waals surface area contributed by atoms with Gasteiger partial charge in [-0.3, -0.25) is 4.79 Å². The lowest BCUT2D eigenvalue weighted by Gasteiger charge is -2.27. The molecule has 1 rings (SSSR count). The fourth-order valence-corrected chi connectivity index (χ4v) is 2.78. The number of carbonyl (C=O) groups excluding carboxylic acids is 1. The van der Waals surface area contributed by atoms with Gasteiger partial charge in [0.25, 0.3) is 0 Å². The zero-order valence-corrected chi connectivity index (χ0v) is 12.8. The van der Waals surface area contributed by atoms with Crippen molar-refractivity contribution in [1.29, 1.82) is 0 Å². The lowest BCUT2D eigenvalue weighted by molar-refractivity contribution is -0.138. The van der Waals surface area contributed by atoms with Crippen molar-refractivity contribution in [2.24, 2.45) is 10.8 Å². The SMILES string of the molecule is CCN(C(=O)NC1C(C)(C)C1(C)C)C(C)CC(=O)O. The lowest BCUT2D eigenvalue weighted by atomic mass is 10.0. The summed E-state index contributed by atoms with van der Waals surface area (Å²) in [5.41, 5.74) is 0.163. The summed E-state index contributed by atoms with van der Waals surface area (Å²) < 4.78 is 0. The molecule has 2 N–H and O–H groups in total. The minimum absolute atomic E-state index is 0.0291. The molecule has 19 heavy (non-hydrogen) atoms. The fourth-order valence-electron chi connectivity index (χ4n) is 2.78. The molecule has 5 nitrogen and oxygen atoms in total. The topological polar surface area (TPSA) is 69.6 Å².